The van der Waals surface area contributed by atoms with E-state index in [0.29, 0.717) is 5.65 Å². The van der Waals surface area contributed by atoms with Gasteiger partial charge in [-0.05, 0) is 11.6 Å². The lowest BCUT2D eigenvalue weighted by Gasteiger charge is -2.40. The maximum atomic E-state index is 10.3. The van der Waals surface area contributed by atoms with E-state index in [9.17, 15) is 15.3 Å². The third-order valence-corrected chi connectivity index (χ3v) is 5.33. The Morgan fingerprint density at radius 3 is 2.96 bits per heavy atom. The Labute approximate surface area is 138 Å². The molecule has 1 fully saturated rings. The van der Waals surface area contributed by atoms with E-state index in [-0.39, 0.29) is 0 Å². The lowest BCUT2D eigenvalue weighted by Crippen LogP contribution is -2.56. The van der Waals surface area contributed by atoms with Gasteiger partial charge in [0, 0.05) is 16.0 Å². The van der Waals surface area contributed by atoms with Gasteiger partial charge in [0.05, 0.1) is 29.0 Å². The first-order valence-corrected chi connectivity index (χ1v) is 8.42. The molecule has 0 unspecified atom stereocenters. The second-order valence-electron chi connectivity index (χ2n) is 4.87. The van der Waals surface area contributed by atoms with Crippen molar-refractivity contribution in [1.82, 2.24) is 9.97 Å². The van der Waals surface area contributed by atoms with Gasteiger partial charge in [0.25, 0.3) is 0 Å². The van der Waals surface area contributed by atoms with Gasteiger partial charge in [0.2, 0.25) is 0 Å². The highest BCUT2D eigenvalue weighted by Crippen LogP contribution is 2.35. The van der Waals surface area contributed by atoms with Crippen molar-refractivity contribution in [3.8, 4) is 0 Å². The molecule has 0 aliphatic carbocycles. The molecule has 3 rings (SSSR count). The number of fused-ring (bicyclic) bond motifs is 1. The summed E-state index contributed by atoms with van der Waals surface area (Å²) >= 11 is 2.62. The van der Waals surface area contributed by atoms with Crippen LogP contribution in [-0.4, -0.2) is 61.7 Å². The van der Waals surface area contributed by atoms with E-state index in [1.165, 1.54) is 23.1 Å². The maximum absolute atomic E-state index is 10.3. The van der Waals surface area contributed by atoms with Crippen LogP contribution in [0.4, 0.5) is 0 Å². The third kappa shape index (κ3) is 3.26. The van der Waals surface area contributed by atoms with Gasteiger partial charge in [-0.15, -0.1) is 11.3 Å². The number of rotatable bonds is 4. The van der Waals surface area contributed by atoms with Gasteiger partial charge in [-0.25, -0.2) is 9.97 Å². The molecule has 11 heteroatoms. The average Bonchev–Trinajstić information content (AvgIpc) is 3.01. The van der Waals surface area contributed by atoms with Gasteiger partial charge in [-0.2, -0.15) is 0 Å². The third-order valence-electron chi connectivity index (χ3n) is 3.45. The van der Waals surface area contributed by atoms with Crippen molar-refractivity contribution in [2.45, 2.75) is 34.7 Å². The molecule has 1 saturated heterocycles. The normalized spacial score (nSPS) is 31.0. The molecule has 0 amide bonds. The lowest BCUT2D eigenvalue weighted by molar-refractivity contribution is -0.159. The lowest BCUT2D eigenvalue weighted by atomic mass is 9.98. The zero-order valence-corrected chi connectivity index (χ0v) is 13.3. The highest BCUT2D eigenvalue weighted by molar-refractivity contribution is 7.99. The SMILES string of the molecule is [N-]=[N+]=N[C@@H]1[C@@H](O)[C@@H](Sc2cnc3ncsc3c2)O[C@H](CO)[C@@H]1O. The summed E-state index contributed by atoms with van der Waals surface area (Å²) in [6.07, 6.45) is -1.83. The van der Waals surface area contributed by atoms with Crippen molar-refractivity contribution < 1.29 is 20.1 Å². The van der Waals surface area contributed by atoms with E-state index >= 15 is 0 Å². The molecule has 0 bridgehead atoms. The van der Waals surface area contributed by atoms with E-state index in [2.05, 4.69) is 20.0 Å². The van der Waals surface area contributed by atoms with Crippen LogP contribution in [-0.2, 0) is 4.74 Å². The van der Waals surface area contributed by atoms with Crippen LogP contribution in [0.5, 0.6) is 0 Å². The number of thiazole rings is 1. The molecular formula is C12H13N5O4S2. The number of aromatic nitrogens is 2. The maximum Gasteiger partial charge on any atom is 0.170 e. The molecule has 0 aromatic carbocycles. The molecule has 122 valence electrons. The standard InChI is InChI=1S/C12H13N5O4S2/c13-17-16-8-9(19)6(3-18)21-12(10(8)20)23-5-1-7-11(14-2-5)15-4-22-7/h1-2,4,6,8-10,12,18-20H,3H2/t6-,8+,9+,10-,12-/m1/s1. The van der Waals surface area contributed by atoms with Gasteiger partial charge < -0.3 is 20.1 Å². The molecule has 23 heavy (non-hydrogen) atoms. The number of thioether (sulfide) groups is 1. The van der Waals surface area contributed by atoms with Crippen LogP contribution in [0.15, 0.2) is 27.8 Å². The molecule has 0 spiro atoms. The number of azide groups is 1. The quantitative estimate of drug-likeness (QED) is 0.420. The second-order valence-corrected chi connectivity index (χ2v) is 6.92. The van der Waals surface area contributed by atoms with Crippen LogP contribution in [0.3, 0.4) is 0 Å². The zero-order chi connectivity index (χ0) is 16.4. The van der Waals surface area contributed by atoms with E-state index in [1.807, 2.05) is 6.07 Å². The van der Waals surface area contributed by atoms with E-state index < -0.39 is 36.4 Å². The van der Waals surface area contributed by atoms with E-state index in [1.54, 1.807) is 11.7 Å². The van der Waals surface area contributed by atoms with Crippen molar-refractivity contribution in [2.75, 3.05) is 6.61 Å². The fourth-order valence-corrected chi connectivity index (χ4v) is 4.11. The summed E-state index contributed by atoms with van der Waals surface area (Å²) < 4.78 is 6.42. The van der Waals surface area contributed by atoms with Gasteiger partial charge in [-0.3, -0.25) is 0 Å². The molecule has 1 aliphatic rings. The van der Waals surface area contributed by atoms with Crippen molar-refractivity contribution >= 4 is 33.4 Å². The first kappa shape index (κ1) is 16.4. The zero-order valence-electron chi connectivity index (χ0n) is 11.6. The molecule has 1 aliphatic heterocycles. The summed E-state index contributed by atoms with van der Waals surface area (Å²) in [5, 5.41) is 33.0. The van der Waals surface area contributed by atoms with Crippen molar-refractivity contribution in [1.29, 1.82) is 0 Å². The van der Waals surface area contributed by atoms with Crippen molar-refractivity contribution in [3.63, 3.8) is 0 Å². The number of aliphatic hydroxyl groups is 3. The number of aliphatic hydroxyl groups excluding tert-OH is 3. The number of ether oxygens (including phenoxy) is 1. The molecular weight excluding hydrogens is 342 g/mol. The highest BCUT2D eigenvalue weighted by atomic mass is 32.2. The molecule has 3 N–H and O–H groups in total. The van der Waals surface area contributed by atoms with E-state index in [0.717, 1.165) is 9.60 Å². The number of hydrogen-bond donors (Lipinski definition) is 3. The van der Waals surface area contributed by atoms with Crippen LogP contribution in [0.2, 0.25) is 0 Å². The molecule has 3 heterocycles. The Kier molecular flexibility index (Phi) is 4.97. The fourth-order valence-electron chi connectivity index (χ4n) is 2.30. The predicted molar refractivity (Wildman–Crippen MR) is 84.0 cm³/mol. The number of nitrogens with zero attached hydrogens (tertiary/aromatic N) is 5. The molecule has 0 saturated carbocycles. The van der Waals surface area contributed by atoms with Crippen LogP contribution >= 0.6 is 23.1 Å². The van der Waals surface area contributed by atoms with Gasteiger partial charge in [0.15, 0.2) is 5.65 Å². The van der Waals surface area contributed by atoms with Crippen LogP contribution in [0.1, 0.15) is 0 Å². The molecule has 0 radical (unpaired) electrons. The number of hydrogen-bond acceptors (Lipinski definition) is 9. The Morgan fingerprint density at radius 2 is 2.22 bits per heavy atom. The Hall–Kier alpha value is -1.46. The second kappa shape index (κ2) is 6.97. The Bertz CT molecular complexity index is 737. The molecule has 5 atom stereocenters. The highest BCUT2D eigenvalue weighted by Gasteiger charge is 2.44. The summed E-state index contributed by atoms with van der Waals surface area (Å²) in [6.45, 7) is -0.450. The largest absolute Gasteiger partial charge is 0.394 e. The molecule has 2 aromatic rings. The summed E-state index contributed by atoms with van der Waals surface area (Å²) in [7, 11) is 0. The monoisotopic (exact) mass is 355 g/mol. The molecule has 9 nitrogen and oxygen atoms in total. The minimum absolute atomic E-state index is 0.450. The average molecular weight is 355 g/mol. The smallest absolute Gasteiger partial charge is 0.170 e. The topological polar surface area (TPSA) is 144 Å². The van der Waals surface area contributed by atoms with Crippen LogP contribution in [0, 0.1) is 0 Å². The summed E-state index contributed by atoms with van der Waals surface area (Å²) in [6, 6.07) is 0.769. The summed E-state index contributed by atoms with van der Waals surface area (Å²) in [5.41, 5.74) is 10.1. The minimum Gasteiger partial charge on any atom is -0.394 e. The van der Waals surface area contributed by atoms with Gasteiger partial charge in [-0.1, -0.05) is 16.9 Å². The molecule has 2 aromatic heterocycles. The summed E-state index contributed by atoms with van der Waals surface area (Å²) in [4.78, 5) is 11.7. The predicted octanol–water partition coefficient (Wildman–Crippen LogP) is 0.901. The van der Waals surface area contributed by atoms with Gasteiger partial charge >= 0.3 is 0 Å². The fraction of sp³-hybridized carbons (Fsp3) is 0.500. The first-order chi connectivity index (χ1) is 11.1. The van der Waals surface area contributed by atoms with Crippen LogP contribution < -0.4 is 0 Å². The first-order valence-electron chi connectivity index (χ1n) is 6.66. The minimum atomic E-state index is -1.27. The Morgan fingerprint density at radius 1 is 1.39 bits per heavy atom. The van der Waals surface area contributed by atoms with Crippen LogP contribution in [0.25, 0.3) is 20.8 Å². The van der Waals surface area contributed by atoms with E-state index in [4.69, 9.17) is 10.3 Å². The summed E-state index contributed by atoms with van der Waals surface area (Å²) in [5.74, 6) is 0. The van der Waals surface area contributed by atoms with Crippen molar-refractivity contribution in [2.24, 2.45) is 5.11 Å². The van der Waals surface area contributed by atoms with Crippen molar-refractivity contribution in [3.05, 3.63) is 28.2 Å². The number of pyridine rings is 1. The van der Waals surface area contributed by atoms with Gasteiger partial charge in [0.1, 0.15) is 17.6 Å². The Balaban J connectivity index is 1.83.